The van der Waals surface area contributed by atoms with Crippen LogP contribution in [0.15, 0.2) is 47.4 Å². The summed E-state index contributed by atoms with van der Waals surface area (Å²) in [4.78, 5) is 13.8. The molecule has 0 spiro atoms. The molecule has 3 N–H and O–H groups in total. The van der Waals surface area contributed by atoms with Crippen molar-refractivity contribution < 1.29 is 17.9 Å². The molecular formula is C17H21N3O4S. The number of hydrogen-bond donors (Lipinski definition) is 2. The second kappa shape index (κ2) is 7.54. The van der Waals surface area contributed by atoms with Crippen molar-refractivity contribution in [1.82, 2.24) is 0 Å². The van der Waals surface area contributed by atoms with E-state index >= 15 is 0 Å². The first-order chi connectivity index (χ1) is 11.7. The number of aryl methyl sites for hydroxylation is 1. The fourth-order valence-electron chi connectivity index (χ4n) is 2.22. The van der Waals surface area contributed by atoms with Crippen molar-refractivity contribution in [3.63, 3.8) is 0 Å². The van der Waals surface area contributed by atoms with Crippen LogP contribution in [-0.4, -0.2) is 35.0 Å². The zero-order valence-electron chi connectivity index (χ0n) is 14.3. The maximum atomic E-state index is 12.2. The number of primary sulfonamides is 1. The van der Waals surface area contributed by atoms with Gasteiger partial charge in [0, 0.05) is 14.1 Å². The first-order valence-electron chi connectivity index (χ1n) is 7.50. The topological polar surface area (TPSA) is 102 Å². The zero-order valence-corrected chi connectivity index (χ0v) is 15.1. The molecule has 2 rings (SSSR count). The minimum absolute atomic E-state index is 0.0759. The Bertz CT molecular complexity index is 879. The summed E-state index contributed by atoms with van der Waals surface area (Å²) >= 11 is 0. The molecule has 0 aromatic heterocycles. The highest BCUT2D eigenvalue weighted by molar-refractivity contribution is 7.89. The molecule has 2 aromatic rings. The summed E-state index contributed by atoms with van der Waals surface area (Å²) < 4.78 is 28.5. The van der Waals surface area contributed by atoms with E-state index in [1.165, 1.54) is 12.1 Å². The van der Waals surface area contributed by atoms with Crippen LogP contribution in [0.4, 0.5) is 11.4 Å². The lowest BCUT2D eigenvalue weighted by molar-refractivity contribution is -0.118. The quantitative estimate of drug-likeness (QED) is 0.814. The van der Waals surface area contributed by atoms with Gasteiger partial charge >= 0.3 is 0 Å². The molecule has 0 aliphatic carbocycles. The summed E-state index contributed by atoms with van der Waals surface area (Å²) in [7, 11) is -0.299. The largest absolute Gasteiger partial charge is 0.484 e. The maximum Gasteiger partial charge on any atom is 0.262 e. The average molecular weight is 363 g/mol. The van der Waals surface area contributed by atoms with Gasteiger partial charge in [-0.3, -0.25) is 4.79 Å². The maximum absolute atomic E-state index is 12.2. The Labute approximate surface area is 147 Å². The molecule has 0 saturated carbocycles. The first-order valence-corrected chi connectivity index (χ1v) is 9.05. The Morgan fingerprint density at radius 2 is 1.92 bits per heavy atom. The number of anilines is 2. The highest BCUT2D eigenvalue weighted by Crippen LogP contribution is 2.27. The summed E-state index contributed by atoms with van der Waals surface area (Å²) in [6.45, 7) is 1.73. The fourth-order valence-corrected chi connectivity index (χ4v) is 2.76. The molecule has 0 saturated heterocycles. The lowest BCUT2D eigenvalue weighted by Gasteiger charge is -2.19. The van der Waals surface area contributed by atoms with Crippen LogP contribution in [0.2, 0.25) is 0 Å². The molecule has 1 amide bonds. The molecular weight excluding hydrogens is 342 g/mol. The molecule has 0 heterocycles. The molecule has 0 unspecified atom stereocenters. The number of sulfonamides is 1. The summed E-state index contributed by atoms with van der Waals surface area (Å²) in [5.41, 5.74) is 2.01. The summed E-state index contributed by atoms with van der Waals surface area (Å²) in [6.07, 6.45) is 0. The first kappa shape index (κ1) is 18.8. The highest BCUT2D eigenvalue weighted by Gasteiger charge is 2.15. The fraction of sp³-hybridized carbons (Fsp3) is 0.235. The molecule has 0 aliphatic heterocycles. The molecule has 8 heteroatoms. The van der Waals surface area contributed by atoms with Gasteiger partial charge in [0.15, 0.2) is 6.61 Å². The summed E-state index contributed by atoms with van der Waals surface area (Å²) in [6, 6.07) is 11.6. The van der Waals surface area contributed by atoms with E-state index in [0.29, 0.717) is 17.1 Å². The van der Waals surface area contributed by atoms with Crippen LogP contribution in [-0.2, 0) is 14.8 Å². The van der Waals surface area contributed by atoms with E-state index < -0.39 is 15.9 Å². The molecule has 134 valence electrons. The van der Waals surface area contributed by atoms with Gasteiger partial charge < -0.3 is 15.0 Å². The molecule has 0 aliphatic rings. The van der Waals surface area contributed by atoms with Gasteiger partial charge in [-0.15, -0.1) is 0 Å². The van der Waals surface area contributed by atoms with Crippen LogP contribution in [0.5, 0.6) is 5.75 Å². The van der Waals surface area contributed by atoms with Gasteiger partial charge in [0.2, 0.25) is 10.0 Å². The molecule has 0 radical (unpaired) electrons. The van der Waals surface area contributed by atoms with Crippen molar-refractivity contribution in [2.45, 2.75) is 11.8 Å². The van der Waals surface area contributed by atoms with Gasteiger partial charge in [-0.1, -0.05) is 12.1 Å². The van der Waals surface area contributed by atoms with Crippen LogP contribution >= 0.6 is 0 Å². The number of carbonyl (C=O) groups excluding carboxylic acids is 1. The number of hydrogen-bond acceptors (Lipinski definition) is 5. The highest BCUT2D eigenvalue weighted by atomic mass is 32.2. The van der Waals surface area contributed by atoms with E-state index in [4.69, 9.17) is 9.88 Å². The van der Waals surface area contributed by atoms with Gasteiger partial charge in [0.25, 0.3) is 5.91 Å². The van der Waals surface area contributed by atoms with E-state index in [1.54, 1.807) is 31.1 Å². The van der Waals surface area contributed by atoms with Crippen LogP contribution in [0, 0.1) is 6.92 Å². The number of nitrogens with one attached hydrogen (secondary N) is 1. The number of nitrogens with zero attached hydrogens (tertiary/aromatic N) is 1. The van der Waals surface area contributed by atoms with Crippen molar-refractivity contribution in [2.75, 3.05) is 30.9 Å². The lowest BCUT2D eigenvalue weighted by atomic mass is 10.2. The zero-order chi connectivity index (χ0) is 18.6. The third kappa shape index (κ3) is 5.20. The number of ether oxygens (including phenoxy) is 1. The molecule has 2 aromatic carbocycles. The van der Waals surface area contributed by atoms with Crippen LogP contribution in [0.3, 0.4) is 0 Å². The standard InChI is InChI=1S/C17H21N3O4S/c1-12-5-4-6-13(9-12)24-11-17(21)19-15-10-14(25(18,22)23)7-8-16(15)20(2)3/h4-10H,11H2,1-3H3,(H,19,21)(H2,18,22,23). The van der Waals surface area contributed by atoms with E-state index in [-0.39, 0.29) is 11.5 Å². The summed E-state index contributed by atoms with van der Waals surface area (Å²) in [5.74, 6) is 0.178. The Kier molecular flexibility index (Phi) is 5.66. The average Bonchev–Trinajstić information content (AvgIpc) is 2.52. The third-order valence-corrected chi connectivity index (χ3v) is 4.32. The predicted octanol–water partition coefficient (Wildman–Crippen LogP) is 1.73. The number of nitrogens with two attached hydrogens (primary N) is 1. The minimum Gasteiger partial charge on any atom is -0.484 e. The van der Waals surface area contributed by atoms with Gasteiger partial charge in [0.05, 0.1) is 16.3 Å². The molecule has 0 bridgehead atoms. The second-order valence-electron chi connectivity index (χ2n) is 5.77. The Hall–Kier alpha value is -2.58. The van der Waals surface area contributed by atoms with E-state index in [9.17, 15) is 13.2 Å². The molecule has 0 atom stereocenters. The van der Waals surface area contributed by atoms with Crippen molar-refractivity contribution in [3.05, 3.63) is 48.0 Å². The van der Waals surface area contributed by atoms with E-state index in [1.807, 2.05) is 25.1 Å². The van der Waals surface area contributed by atoms with Crippen LogP contribution in [0.1, 0.15) is 5.56 Å². The third-order valence-electron chi connectivity index (χ3n) is 3.41. The van der Waals surface area contributed by atoms with Crippen molar-refractivity contribution >= 4 is 27.3 Å². The number of amides is 1. The lowest BCUT2D eigenvalue weighted by Crippen LogP contribution is -2.23. The molecule has 25 heavy (non-hydrogen) atoms. The summed E-state index contributed by atoms with van der Waals surface area (Å²) in [5, 5.41) is 7.82. The molecule has 0 fully saturated rings. The van der Waals surface area contributed by atoms with Crippen molar-refractivity contribution in [2.24, 2.45) is 5.14 Å². The smallest absolute Gasteiger partial charge is 0.262 e. The molecule has 7 nitrogen and oxygen atoms in total. The Balaban J connectivity index is 2.15. The van der Waals surface area contributed by atoms with Crippen LogP contribution < -0.4 is 20.1 Å². The Morgan fingerprint density at radius 1 is 1.20 bits per heavy atom. The van der Waals surface area contributed by atoms with Crippen molar-refractivity contribution in [1.29, 1.82) is 0 Å². The number of carbonyl (C=O) groups is 1. The monoisotopic (exact) mass is 363 g/mol. The van der Waals surface area contributed by atoms with Gasteiger partial charge in [-0.25, -0.2) is 13.6 Å². The number of rotatable bonds is 6. The van der Waals surface area contributed by atoms with E-state index in [2.05, 4.69) is 5.32 Å². The van der Waals surface area contributed by atoms with E-state index in [0.717, 1.165) is 5.56 Å². The predicted molar refractivity (Wildman–Crippen MR) is 97.4 cm³/mol. The van der Waals surface area contributed by atoms with Gasteiger partial charge in [-0.2, -0.15) is 0 Å². The SMILES string of the molecule is Cc1cccc(OCC(=O)Nc2cc(S(N)(=O)=O)ccc2N(C)C)c1. The van der Waals surface area contributed by atoms with Gasteiger partial charge in [0.1, 0.15) is 5.75 Å². The minimum atomic E-state index is -3.86. The normalized spacial score (nSPS) is 11.0. The van der Waals surface area contributed by atoms with Crippen LogP contribution in [0.25, 0.3) is 0 Å². The number of benzene rings is 2. The van der Waals surface area contributed by atoms with Crippen molar-refractivity contribution in [3.8, 4) is 5.75 Å². The Morgan fingerprint density at radius 3 is 2.52 bits per heavy atom. The second-order valence-corrected chi connectivity index (χ2v) is 7.33. The van der Waals surface area contributed by atoms with Gasteiger partial charge in [-0.05, 0) is 42.8 Å².